The number of carbonyl (C=O) groups is 1. The molecule has 4 rings (SSSR count). The molecule has 0 spiro atoms. The third-order valence-electron chi connectivity index (χ3n) is 4.31. The summed E-state index contributed by atoms with van der Waals surface area (Å²) < 4.78 is 0. The minimum absolute atomic E-state index is 0.128. The van der Waals surface area contributed by atoms with Crippen LogP contribution in [0.2, 0.25) is 0 Å². The molecule has 0 saturated carbocycles. The Morgan fingerprint density at radius 2 is 1.48 bits per heavy atom. The first-order chi connectivity index (χ1) is 11.3. The van der Waals surface area contributed by atoms with Gasteiger partial charge in [0.1, 0.15) is 0 Å². The fourth-order valence-electron chi connectivity index (χ4n) is 3.12. The van der Waals surface area contributed by atoms with E-state index in [2.05, 4.69) is 30.3 Å². The van der Waals surface area contributed by atoms with E-state index in [0.717, 1.165) is 16.7 Å². The molecule has 112 valence electrons. The van der Waals surface area contributed by atoms with E-state index in [4.69, 9.17) is 0 Å². The highest BCUT2D eigenvalue weighted by Gasteiger charge is 2.27. The number of benzene rings is 3. The van der Waals surface area contributed by atoms with E-state index in [1.54, 1.807) is 0 Å². The Morgan fingerprint density at radius 3 is 2.22 bits per heavy atom. The first-order valence-electron chi connectivity index (χ1n) is 7.83. The summed E-state index contributed by atoms with van der Waals surface area (Å²) in [4.78, 5) is 14.5. The van der Waals surface area contributed by atoms with E-state index in [1.807, 2.05) is 53.4 Å². The number of amides is 1. The van der Waals surface area contributed by atoms with Crippen molar-refractivity contribution in [1.29, 1.82) is 0 Å². The molecular formula is C21H17NO. The second-order valence-electron chi connectivity index (χ2n) is 5.88. The highest BCUT2D eigenvalue weighted by molar-refractivity contribution is 5.99. The van der Waals surface area contributed by atoms with Gasteiger partial charge in [0.15, 0.2) is 0 Å². The van der Waals surface area contributed by atoms with Crippen molar-refractivity contribution < 1.29 is 4.79 Å². The van der Waals surface area contributed by atoms with E-state index >= 15 is 0 Å². The first kappa shape index (κ1) is 13.8. The zero-order valence-corrected chi connectivity index (χ0v) is 12.8. The van der Waals surface area contributed by atoms with Crippen LogP contribution in [-0.4, -0.2) is 10.8 Å². The van der Waals surface area contributed by atoms with Gasteiger partial charge in [-0.25, -0.2) is 0 Å². The van der Waals surface area contributed by atoms with Gasteiger partial charge in [0, 0.05) is 18.7 Å². The third-order valence-corrected chi connectivity index (χ3v) is 4.31. The van der Waals surface area contributed by atoms with Crippen LogP contribution in [0.25, 0.3) is 11.1 Å². The van der Waals surface area contributed by atoms with E-state index in [9.17, 15) is 4.79 Å². The van der Waals surface area contributed by atoms with Crippen molar-refractivity contribution >= 4 is 5.91 Å². The van der Waals surface area contributed by atoms with E-state index in [0.29, 0.717) is 13.1 Å². The van der Waals surface area contributed by atoms with Gasteiger partial charge >= 0.3 is 0 Å². The number of hydrogen-bond donors (Lipinski definition) is 0. The van der Waals surface area contributed by atoms with Crippen molar-refractivity contribution in [2.75, 3.05) is 0 Å². The predicted octanol–water partition coefficient (Wildman–Crippen LogP) is 4.51. The Hall–Kier alpha value is -2.87. The van der Waals surface area contributed by atoms with Crippen molar-refractivity contribution in [3.8, 4) is 11.1 Å². The molecule has 0 aliphatic carbocycles. The second-order valence-corrected chi connectivity index (χ2v) is 5.88. The van der Waals surface area contributed by atoms with Crippen LogP contribution in [0.5, 0.6) is 0 Å². The van der Waals surface area contributed by atoms with Crippen LogP contribution in [0.1, 0.15) is 21.5 Å². The lowest BCUT2D eigenvalue weighted by Crippen LogP contribution is -2.23. The van der Waals surface area contributed by atoms with Crippen LogP contribution >= 0.6 is 0 Å². The molecule has 0 fully saturated rings. The van der Waals surface area contributed by atoms with E-state index < -0.39 is 0 Å². The lowest BCUT2D eigenvalue weighted by atomic mass is 10.0. The molecule has 1 aliphatic heterocycles. The average Bonchev–Trinajstić information content (AvgIpc) is 2.92. The summed E-state index contributed by atoms with van der Waals surface area (Å²) >= 11 is 0. The molecule has 2 heteroatoms. The fourth-order valence-corrected chi connectivity index (χ4v) is 3.12. The lowest BCUT2D eigenvalue weighted by Gasteiger charge is -2.15. The van der Waals surface area contributed by atoms with Crippen molar-refractivity contribution in [2.24, 2.45) is 0 Å². The molecule has 0 bridgehead atoms. The van der Waals surface area contributed by atoms with Crippen LogP contribution in [0, 0.1) is 0 Å². The topological polar surface area (TPSA) is 20.3 Å². The molecule has 3 aromatic carbocycles. The maximum absolute atomic E-state index is 12.6. The van der Waals surface area contributed by atoms with Gasteiger partial charge in [0.25, 0.3) is 5.91 Å². The van der Waals surface area contributed by atoms with Gasteiger partial charge in [-0.2, -0.15) is 0 Å². The Kier molecular flexibility index (Phi) is 3.43. The van der Waals surface area contributed by atoms with Crippen LogP contribution in [0.4, 0.5) is 0 Å². The molecule has 0 N–H and O–H groups in total. The molecular weight excluding hydrogens is 282 g/mol. The predicted molar refractivity (Wildman–Crippen MR) is 91.9 cm³/mol. The maximum atomic E-state index is 12.6. The summed E-state index contributed by atoms with van der Waals surface area (Å²) in [6.45, 7) is 1.35. The molecule has 1 heterocycles. The fraction of sp³-hybridized carbons (Fsp3) is 0.0952. The smallest absolute Gasteiger partial charge is 0.254 e. The third kappa shape index (κ3) is 2.64. The zero-order chi connectivity index (χ0) is 15.6. The van der Waals surface area contributed by atoms with Gasteiger partial charge < -0.3 is 4.90 Å². The standard InChI is InChI=1S/C21H17NO/c23-21-20-12-11-18(17-9-5-2-6-10-17)13-19(20)15-22(21)14-16-7-3-1-4-8-16/h1-13H,14-15H2. The molecule has 0 atom stereocenters. The maximum Gasteiger partial charge on any atom is 0.254 e. The minimum Gasteiger partial charge on any atom is -0.330 e. The van der Waals surface area contributed by atoms with E-state index in [1.165, 1.54) is 11.1 Å². The van der Waals surface area contributed by atoms with Gasteiger partial charge in [0.2, 0.25) is 0 Å². The largest absolute Gasteiger partial charge is 0.330 e. The van der Waals surface area contributed by atoms with Crippen molar-refractivity contribution in [2.45, 2.75) is 13.1 Å². The summed E-state index contributed by atoms with van der Waals surface area (Å²) in [6.07, 6.45) is 0. The SMILES string of the molecule is O=C1c2ccc(-c3ccccc3)cc2CN1Cc1ccccc1. The Balaban J connectivity index is 1.61. The molecule has 1 aliphatic rings. The lowest BCUT2D eigenvalue weighted by molar-refractivity contribution is 0.0766. The molecule has 1 amide bonds. The molecule has 0 saturated heterocycles. The highest BCUT2D eigenvalue weighted by atomic mass is 16.2. The first-order valence-corrected chi connectivity index (χ1v) is 7.83. The van der Waals surface area contributed by atoms with Crippen LogP contribution in [0.15, 0.2) is 78.9 Å². The van der Waals surface area contributed by atoms with Crippen molar-refractivity contribution in [3.05, 3.63) is 95.6 Å². The molecule has 3 aromatic rings. The number of carbonyl (C=O) groups excluding carboxylic acids is 1. The molecule has 0 aromatic heterocycles. The highest BCUT2D eigenvalue weighted by Crippen LogP contribution is 2.29. The Bertz CT molecular complexity index is 840. The Morgan fingerprint density at radius 1 is 0.783 bits per heavy atom. The molecule has 2 nitrogen and oxygen atoms in total. The molecule has 0 unspecified atom stereocenters. The summed E-state index contributed by atoms with van der Waals surface area (Å²) in [5.74, 6) is 0.128. The average molecular weight is 299 g/mol. The van der Waals surface area contributed by atoms with Crippen LogP contribution < -0.4 is 0 Å². The molecule has 23 heavy (non-hydrogen) atoms. The second kappa shape index (κ2) is 5.73. The normalized spacial score (nSPS) is 13.2. The van der Waals surface area contributed by atoms with E-state index in [-0.39, 0.29) is 5.91 Å². The summed E-state index contributed by atoms with van der Waals surface area (Å²) in [7, 11) is 0. The van der Waals surface area contributed by atoms with Crippen LogP contribution in [-0.2, 0) is 13.1 Å². The molecule has 0 radical (unpaired) electrons. The van der Waals surface area contributed by atoms with Crippen molar-refractivity contribution in [3.63, 3.8) is 0 Å². The summed E-state index contributed by atoms with van der Waals surface area (Å²) in [5, 5.41) is 0. The number of nitrogens with zero attached hydrogens (tertiary/aromatic N) is 1. The van der Waals surface area contributed by atoms with Crippen molar-refractivity contribution in [1.82, 2.24) is 4.90 Å². The summed E-state index contributed by atoms with van der Waals surface area (Å²) in [6, 6.07) is 26.6. The quantitative estimate of drug-likeness (QED) is 0.697. The number of rotatable bonds is 3. The van der Waals surface area contributed by atoms with Gasteiger partial charge in [-0.05, 0) is 34.4 Å². The zero-order valence-electron chi connectivity index (χ0n) is 12.8. The van der Waals surface area contributed by atoms with Crippen LogP contribution in [0.3, 0.4) is 0 Å². The van der Waals surface area contributed by atoms with Gasteiger partial charge in [-0.3, -0.25) is 4.79 Å². The number of fused-ring (bicyclic) bond motifs is 1. The van der Waals surface area contributed by atoms with Gasteiger partial charge in [-0.1, -0.05) is 66.7 Å². The monoisotopic (exact) mass is 299 g/mol. The van der Waals surface area contributed by atoms with Gasteiger partial charge in [-0.15, -0.1) is 0 Å². The Labute approximate surface area is 136 Å². The minimum atomic E-state index is 0.128. The van der Waals surface area contributed by atoms with Gasteiger partial charge in [0.05, 0.1) is 0 Å². The number of hydrogen-bond acceptors (Lipinski definition) is 1. The summed E-state index contributed by atoms with van der Waals surface area (Å²) in [5.41, 5.74) is 5.47.